The molecule has 4 nitrogen and oxygen atoms in total. The van der Waals surface area contributed by atoms with Gasteiger partial charge in [0.1, 0.15) is 0 Å². The van der Waals surface area contributed by atoms with Crippen LogP contribution in [0, 0.1) is 0 Å². The van der Waals surface area contributed by atoms with Gasteiger partial charge in [-0.15, -0.1) is 0 Å². The fraction of sp³-hybridized carbons (Fsp3) is 0.533. The third-order valence-corrected chi connectivity index (χ3v) is 4.97. The third kappa shape index (κ3) is 2.99. The molecule has 0 radical (unpaired) electrons. The van der Waals surface area contributed by atoms with E-state index in [2.05, 4.69) is 50.4 Å². The summed E-state index contributed by atoms with van der Waals surface area (Å²) >= 11 is 3.60. The van der Waals surface area contributed by atoms with Gasteiger partial charge in [-0.25, -0.2) is 4.79 Å². The summed E-state index contributed by atoms with van der Waals surface area (Å²) in [6.45, 7) is 4.79. The van der Waals surface area contributed by atoms with Gasteiger partial charge in [-0.1, -0.05) is 34.1 Å². The second-order valence-electron chi connectivity index (χ2n) is 5.53. The summed E-state index contributed by atoms with van der Waals surface area (Å²) in [5.41, 5.74) is 1.38. The van der Waals surface area contributed by atoms with E-state index in [1.807, 2.05) is 4.90 Å². The molecule has 0 bridgehead atoms. The highest BCUT2D eigenvalue weighted by atomic mass is 79.9. The second-order valence-corrected chi connectivity index (χ2v) is 6.38. The molecule has 2 aliphatic rings. The zero-order chi connectivity index (χ0) is 13.9. The van der Waals surface area contributed by atoms with Crippen LogP contribution in [0.2, 0.25) is 0 Å². The Bertz CT molecular complexity index is 494. The van der Waals surface area contributed by atoms with Gasteiger partial charge in [0.15, 0.2) is 0 Å². The first-order valence-corrected chi connectivity index (χ1v) is 8.03. The van der Waals surface area contributed by atoms with Crippen molar-refractivity contribution in [1.82, 2.24) is 15.1 Å². The van der Waals surface area contributed by atoms with E-state index in [-0.39, 0.29) is 6.03 Å². The predicted octanol–water partition coefficient (Wildman–Crippen LogP) is 2.09. The smallest absolute Gasteiger partial charge is 0.317 e. The summed E-state index contributed by atoms with van der Waals surface area (Å²) in [4.78, 5) is 16.0. The predicted molar refractivity (Wildman–Crippen MR) is 82.8 cm³/mol. The lowest BCUT2D eigenvalue weighted by molar-refractivity contribution is 0.120. The molecule has 1 atom stereocenters. The number of fused-ring (bicyclic) bond motifs is 1. The molecule has 0 spiro atoms. The highest BCUT2D eigenvalue weighted by Gasteiger charge is 2.34. The minimum atomic E-state index is 0.114. The fourth-order valence-corrected chi connectivity index (χ4v) is 3.55. The van der Waals surface area contributed by atoms with E-state index in [9.17, 15) is 4.79 Å². The van der Waals surface area contributed by atoms with E-state index in [0.717, 1.165) is 45.6 Å². The normalized spacial score (nSPS) is 22.8. The van der Waals surface area contributed by atoms with Gasteiger partial charge in [0, 0.05) is 30.7 Å². The van der Waals surface area contributed by atoms with Crippen LogP contribution >= 0.6 is 15.9 Å². The van der Waals surface area contributed by atoms with Gasteiger partial charge in [0.25, 0.3) is 0 Å². The van der Waals surface area contributed by atoms with Crippen LogP contribution < -0.4 is 5.32 Å². The van der Waals surface area contributed by atoms with Gasteiger partial charge in [0.2, 0.25) is 0 Å². The molecule has 0 saturated carbocycles. The number of aryl methyl sites for hydroxylation is 1. The number of carbonyl (C=O) groups excluding carboxylic acids is 1. The zero-order valence-corrected chi connectivity index (χ0v) is 13.1. The van der Waals surface area contributed by atoms with Gasteiger partial charge in [0.05, 0.1) is 6.04 Å². The third-order valence-electron chi connectivity index (χ3n) is 4.19. The van der Waals surface area contributed by atoms with Crippen molar-refractivity contribution in [1.29, 1.82) is 0 Å². The number of hydrogen-bond acceptors (Lipinski definition) is 2. The first kappa shape index (κ1) is 13.9. The Kier molecular flexibility index (Phi) is 4.27. The average molecular weight is 338 g/mol. The van der Waals surface area contributed by atoms with Crippen molar-refractivity contribution < 1.29 is 4.79 Å². The molecule has 3 rings (SSSR count). The molecule has 1 N–H and O–H groups in total. The number of amides is 2. The van der Waals surface area contributed by atoms with Crippen LogP contribution in [0.1, 0.15) is 12.0 Å². The molecule has 0 aromatic heterocycles. The molecular formula is C15H20BrN3O. The van der Waals surface area contributed by atoms with Crippen LogP contribution in [-0.2, 0) is 6.42 Å². The molecule has 1 aromatic rings. The molecule has 2 amide bonds. The van der Waals surface area contributed by atoms with E-state index in [1.54, 1.807) is 0 Å². The molecule has 108 valence electrons. The van der Waals surface area contributed by atoms with E-state index < -0.39 is 0 Å². The van der Waals surface area contributed by atoms with Gasteiger partial charge in [-0.3, -0.25) is 4.90 Å². The average Bonchev–Trinajstić information content (AvgIpc) is 2.82. The summed E-state index contributed by atoms with van der Waals surface area (Å²) in [6, 6.07) is 8.92. The maximum absolute atomic E-state index is 11.5. The number of nitrogens with zero attached hydrogens (tertiary/aromatic N) is 2. The van der Waals surface area contributed by atoms with Crippen LogP contribution in [-0.4, -0.2) is 54.6 Å². The summed E-state index contributed by atoms with van der Waals surface area (Å²) in [5.74, 6) is 0. The minimum absolute atomic E-state index is 0.114. The number of carbonyl (C=O) groups is 1. The topological polar surface area (TPSA) is 35.6 Å². The highest BCUT2D eigenvalue weighted by Crippen LogP contribution is 2.18. The number of piperazine rings is 1. The lowest BCUT2D eigenvalue weighted by atomic mass is 10.1. The molecule has 0 unspecified atom stereocenters. The fourth-order valence-electron chi connectivity index (χ4n) is 3.07. The first-order valence-electron chi connectivity index (χ1n) is 7.24. The van der Waals surface area contributed by atoms with E-state index in [1.165, 1.54) is 10.0 Å². The lowest BCUT2D eigenvalue weighted by Crippen LogP contribution is -2.52. The van der Waals surface area contributed by atoms with Crippen LogP contribution in [0.15, 0.2) is 28.7 Å². The lowest BCUT2D eigenvalue weighted by Gasteiger charge is -2.36. The van der Waals surface area contributed by atoms with Gasteiger partial charge < -0.3 is 10.2 Å². The number of benzene rings is 1. The number of urea groups is 1. The Balaban J connectivity index is 1.46. The molecule has 2 saturated heterocycles. The summed E-state index contributed by atoms with van der Waals surface area (Å²) < 4.78 is 1.20. The molecule has 20 heavy (non-hydrogen) atoms. The molecular weight excluding hydrogens is 318 g/mol. The Morgan fingerprint density at radius 3 is 3.00 bits per heavy atom. The Hall–Kier alpha value is -1.07. The molecule has 2 fully saturated rings. The maximum Gasteiger partial charge on any atom is 0.317 e. The van der Waals surface area contributed by atoms with Crippen molar-refractivity contribution >= 4 is 22.0 Å². The van der Waals surface area contributed by atoms with Crippen LogP contribution in [0.25, 0.3) is 0 Å². The molecule has 0 aliphatic carbocycles. The SMILES string of the molecule is O=C1NC[C@@H]2CN(CCCc3ccccc3Br)CCN12. The highest BCUT2D eigenvalue weighted by molar-refractivity contribution is 9.10. The van der Waals surface area contributed by atoms with Crippen molar-refractivity contribution in [2.75, 3.05) is 32.7 Å². The number of rotatable bonds is 4. The zero-order valence-electron chi connectivity index (χ0n) is 11.5. The standard InChI is InChI=1S/C15H20BrN3O/c16-14-6-2-1-4-12(14)5-3-7-18-8-9-19-13(11-18)10-17-15(19)20/h1-2,4,6,13H,3,5,7-11H2,(H,17,20)/t13-/m1/s1. The van der Waals surface area contributed by atoms with Crippen molar-refractivity contribution in [3.63, 3.8) is 0 Å². The van der Waals surface area contributed by atoms with Crippen molar-refractivity contribution in [3.05, 3.63) is 34.3 Å². The summed E-state index contributed by atoms with van der Waals surface area (Å²) in [7, 11) is 0. The van der Waals surface area contributed by atoms with Crippen LogP contribution in [0.4, 0.5) is 4.79 Å². The van der Waals surface area contributed by atoms with Gasteiger partial charge >= 0.3 is 6.03 Å². The number of halogens is 1. The Morgan fingerprint density at radius 1 is 1.30 bits per heavy atom. The van der Waals surface area contributed by atoms with Gasteiger partial charge in [-0.2, -0.15) is 0 Å². The largest absolute Gasteiger partial charge is 0.336 e. The number of nitrogens with one attached hydrogen (secondary N) is 1. The van der Waals surface area contributed by atoms with E-state index in [0.29, 0.717) is 6.04 Å². The van der Waals surface area contributed by atoms with Crippen molar-refractivity contribution in [2.45, 2.75) is 18.9 Å². The molecule has 5 heteroatoms. The van der Waals surface area contributed by atoms with Crippen LogP contribution in [0.3, 0.4) is 0 Å². The van der Waals surface area contributed by atoms with Crippen molar-refractivity contribution in [2.24, 2.45) is 0 Å². The molecule has 2 aliphatic heterocycles. The van der Waals surface area contributed by atoms with Gasteiger partial charge in [-0.05, 0) is 31.0 Å². The Morgan fingerprint density at radius 2 is 2.15 bits per heavy atom. The van der Waals surface area contributed by atoms with Crippen molar-refractivity contribution in [3.8, 4) is 0 Å². The van der Waals surface area contributed by atoms with E-state index >= 15 is 0 Å². The maximum atomic E-state index is 11.5. The van der Waals surface area contributed by atoms with E-state index in [4.69, 9.17) is 0 Å². The quantitative estimate of drug-likeness (QED) is 0.913. The monoisotopic (exact) mass is 337 g/mol. The first-order chi connectivity index (χ1) is 9.74. The Labute approximate surface area is 128 Å². The molecule has 1 aromatic carbocycles. The van der Waals surface area contributed by atoms with Crippen LogP contribution in [0.5, 0.6) is 0 Å². The molecule has 2 heterocycles. The summed E-state index contributed by atoms with van der Waals surface area (Å²) in [5, 5.41) is 2.93. The minimum Gasteiger partial charge on any atom is -0.336 e. The summed E-state index contributed by atoms with van der Waals surface area (Å²) in [6.07, 6.45) is 2.26. The second kappa shape index (κ2) is 6.14. The number of hydrogen-bond donors (Lipinski definition) is 1.